The lowest BCUT2D eigenvalue weighted by Gasteiger charge is -2.11. The first kappa shape index (κ1) is 18.9. The Hall–Kier alpha value is -1.14. The normalized spacial score (nSPS) is 13.8. The van der Waals surface area contributed by atoms with Crippen LogP contribution in [-0.4, -0.2) is 36.9 Å². The molecule has 0 fully saturated rings. The molecule has 0 bridgehead atoms. The highest BCUT2D eigenvalue weighted by atomic mass is 17.2. The number of hydrogen-bond acceptors (Lipinski definition) is 5. The van der Waals surface area contributed by atoms with Gasteiger partial charge in [0.15, 0.2) is 0 Å². The molecule has 0 aliphatic rings. The van der Waals surface area contributed by atoms with E-state index in [4.69, 9.17) is 19.6 Å². The highest BCUT2D eigenvalue weighted by Crippen LogP contribution is 2.11. The van der Waals surface area contributed by atoms with Gasteiger partial charge in [-0.05, 0) is 19.3 Å². The average molecular weight is 290 g/mol. The van der Waals surface area contributed by atoms with Gasteiger partial charge in [-0.15, -0.1) is 0 Å². The molecule has 0 spiro atoms. The summed E-state index contributed by atoms with van der Waals surface area (Å²) in [5, 5.41) is 8.93. The van der Waals surface area contributed by atoms with Gasteiger partial charge < -0.3 is 9.84 Å². The summed E-state index contributed by atoms with van der Waals surface area (Å²) in [6, 6.07) is 0. The number of hydrogen-bond donors (Lipinski definition) is 1. The van der Waals surface area contributed by atoms with E-state index >= 15 is 0 Å². The molecule has 0 amide bonds. The topological polar surface area (TPSA) is 82.1 Å². The predicted molar refractivity (Wildman–Crippen MR) is 73.0 cm³/mol. The van der Waals surface area contributed by atoms with Gasteiger partial charge in [0, 0.05) is 0 Å². The van der Waals surface area contributed by atoms with E-state index in [1.165, 1.54) is 0 Å². The highest BCUT2D eigenvalue weighted by Gasteiger charge is 2.16. The third-order valence-corrected chi connectivity index (χ3v) is 3.05. The summed E-state index contributed by atoms with van der Waals surface area (Å²) in [7, 11) is 0. The van der Waals surface area contributed by atoms with Gasteiger partial charge in [0.25, 0.3) is 0 Å². The first-order valence-corrected chi connectivity index (χ1v) is 7.16. The molecule has 0 rings (SSSR count). The van der Waals surface area contributed by atoms with Crippen molar-refractivity contribution >= 4 is 11.9 Å². The highest BCUT2D eigenvalue weighted by molar-refractivity contribution is 5.71. The predicted octanol–water partition coefficient (Wildman–Crippen LogP) is 2.41. The molecule has 0 aliphatic heterocycles. The molecule has 2 unspecified atom stereocenters. The molecule has 2 atom stereocenters. The van der Waals surface area contributed by atoms with Crippen molar-refractivity contribution in [1.82, 2.24) is 0 Å². The van der Waals surface area contributed by atoms with Crippen LogP contribution in [0.2, 0.25) is 0 Å². The summed E-state index contributed by atoms with van der Waals surface area (Å²) in [6.45, 7) is 6.17. The standard InChI is InChI=1S/C14H26O6/c1-4-6-12(13(15)16)7-8-19-20-10-9-18-14(17)11(3)5-2/h11-12H,4-10H2,1-3H3,(H,15,16). The van der Waals surface area contributed by atoms with Crippen molar-refractivity contribution in [2.75, 3.05) is 19.8 Å². The Balaban J connectivity index is 3.53. The summed E-state index contributed by atoms with van der Waals surface area (Å²) < 4.78 is 4.96. The van der Waals surface area contributed by atoms with Crippen LogP contribution in [0.1, 0.15) is 46.5 Å². The van der Waals surface area contributed by atoms with Gasteiger partial charge in [-0.3, -0.25) is 9.59 Å². The van der Waals surface area contributed by atoms with E-state index in [1.54, 1.807) is 6.92 Å². The number of esters is 1. The Morgan fingerprint density at radius 2 is 1.70 bits per heavy atom. The average Bonchev–Trinajstić information content (AvgIpc) is 2.43. The fourth-order valence-corrected chi connectivity index (χ4v) is 1.53. The van der Waals surface area contributed by atoms with Crippen molar-refractivity contribution in [2.24, 2.45) is 11.8 Å². The molecule has 0 aromatic rings. The van der Waals surface area contributed by atoms with E-state index in [0.29, 0.717) is 12.8 Å². The molecule has 6 nitrogen and oxygen atoms in total. The third-order valence-electron chi connectivity index (χ3n) is 3.05. The van der Waals surface area contributed by atoms with Crippen LogP contribution in [-0.2, 0) is 24.1 Å². The molecule has 118 valence electrons. The number of carboxylic acids is 1. The summed E-state index contributed by atoms with van der Waals surface area (Å²) in [6.07, 6.45) is 2.61. The van der Waals surface area contributed by atoms with Crippen LogP contribution in [0.3, 0.4) is 0 Å². The third kappa shape index (κ3) is 8.87. The maximum absolute atomic E-state index is 11.3. The Morgan fingerprint density at radius 1 is 1.05 bits per heavy atom. The fourth-order valence-electron chi connectivity index (χ4n) is 1.53. The van der Waals surface area contributed by atoms with Gasteiger partial charge in [-0.1, -0.05) is 27.2 Å². The number of carboxylic acid groups (broad SMARTS) is 1. The first-order valence-electron chi connectivity index (χ1n) is 7.16. The zero-order valence-electron chi connectivity index (χ0n) is 12.6. The van der Waals surface area contributed by atoms with Crippen molar-refractivity contribution in [1.29, 1.82) is 0 Å². The smallest absolute Gasteiger partial charge is 0.308 e. The molecule has 0 radical (unpaired) electrons. The Kier molecular flexibility index (Phi) is 11.0. The summed E-state index contributed by atoms with van der Waals surface area (Å²) >= 11 is 0. The van der Waals surface area contributed by atoms with Crippen LogP contribution < -0.4 is 0 Å². The number of carbonyl (C=O) groups is 2. The molecular formula is C14H26O6. The fraction of sp³-hybridized carbons (Fsp3) is 0.857. The summed E-state index contributed by atoms with van der Waals surface area (Å²) in [5.41, 5.74) is 0. The molecule has 0 aromatic carbocycles. The molecule has 1 N–H and O–H groups in total. The van der Waals surface area contributed by atoms with E-state index in [0.717, 1.165) is 12.8 Å². The summed E-state index contributed by atoms with van der Waals surface area (Å²) in [5.74, 6) is -1.56. The van der Waals surface area contributed by atoms with Gasteiger partial charge in [-0.2, -0.15) is 0 Å². The minimum Gasteiger partial charge on any atom is -0.481 e. The second-order valence-corrected chi connectivity index (χ2v) is 4.73. The van der Waals surface area contributed by atoms with Crippen LogP contribution in [0.25, 0.3) is 0 Å². The van der Waals surface area contributed by atoms with Crippen molar-refractivity contribution < 1.29 is 29.2 Å². The van der Waals surface area contributed by atoms with Crippen LogP contribution in [0.4, 0.5) is 0 Å². The second-order valence-electron chi connectivity index (χ2n) is 4.73. The van der Waals surface area contributed by atoms with Gasteiger partial charge >= 0.3 is 11.9 Å². The van der Waals surface area contributed by atoms with Crippen molar-refractivity contribution in [2.45, 2.75) is 46.5 Å². The Bertz CT molecular complexity index is 279. The maximum atomic E-state index is 11.3. The van der Waals surface area contributed by atoms with Crippen LogP contribution >= 0.6 is 0 Å². The number of carbonyl (C=O) groups excluding carboxylic acids is 1. The molecule has 6 heteroatoms. The lowest BCUT2D eigenvalue weighted by atomic mass is 10.0. The largest absolute Gasteiger partial charge is 0.481 e. The molecule has 0 saturated carbocycles. The number of rotatable bonds is 12. The number of aliphatic carboxylic acids is 1. The van der Waals surface area contributed by atoms with Crippen LogP contribution in [0, 0.1) is 11.8 Å². The quantitative estimate of drug-likeness (QED) is 0.257. The Morgan fingerprint density at radius 3 is 2.25 bits per heavy atom. The Labute approximate surface area is 120 Å². The molecule has 0 saturated heterocycles. The van der Waals surface area contributed by atoms with E-state index in [-0.39, 0.29) is 31.7 Å². The molecule has 0 aliphatic carbocycles. The molecular weight excluding hydrogens is 264 g/mol. The zero-order valence-corrected chi connectivity index (χ0v) is 12.6. The van der Waals surface area contributed by atoms with E-state index in [2.05, 4.69) is 0 Å². The second kappa shape index (κ2) is 11.7. The lowest BCUT2D eigenvalue weighted by Crippen LogP contribution is -2.18. The van der Waals surface area contributed by atoms with Crippen LogP contribution in [0.5, 0.6) is 0 Å². The van der Waals surface area contributed by atoms with Gasteiger partial charge in [-0.25, -0.2) is 9.78 Å². The molecule has 0 heterocycles. The van der Waals surface area contributed by atoms with Gasteiger partial charge in [0.05, 0.1) is 18.4 Å². The monoisotopic (exact) mass is 290 g/mol. The minimum absolute atomic E-state index is 0.110. The first-order chi connectivity index (χ1) is 9.52. The van der Waals surface area contributed by atoms with Gasteiger partial charge in [0.1, 0.15) is 13.2 Å². The van der Waals surface area contributed by atoms with Crippen molar-refractivity contribution in [3.63, 3.8) is 0 Å². The van der Waals surface area contributed by atoms with Crippen LogP contribution in [0.15, 0.2) is 0 Å². The SMILES string of the molecule is CCCC(CCOOCCOC(=O)C(C)CC)C(=O)O. The van der Waals surface area contributed by atoms with E-state index < -0.39 is 11.9 Å². The molecule has 0 aromatic heterocycles. The van der Waals surface area contributed by atoms with E-state index in [9.17, 15) is 9.59 Å². The lowest BCUT2D eigenvalue weighted by molar-refractivity contribution is -0.299. The van der Waals surface area contributed by atoms with Crippen molar-refractivity contribution in [3.05, 3.63) is 0 Å². The maximum Gasteiger partial charge on any atom is 0.308 e. The molecule has 20 heavy (non-hydrogen) atoms. The summed E-state index contributed by atoms with van der Waals surface area (Å²) in [4.78, 5) is 31.9. The minimum atomic E-state index is -0.807. The van der Waals surface area contributed by atoms with E-state index in [1.807, 2.05) is 13.8 Å². The zero-order chi connectivity index (χ0) is 15.4. The van der Waals surface area contributed by atoms with Gasteiger partial charge in [0.2, 0.25) is 0 Å². The van der Waals surface area contributed by atoms with Crippen molar-refractivity contribution in [3.8, 4) is 0 Å². The number of ether oxygens (including phenoxy) is 1.